The van der Waals surface area contributed by atoms with Crippen LogP contribution < -0.4 is 16.0 Å². The number of halogens is 9. The Kier molecular flexibility index (Phi) is 31.2. The van der Waals surface area contributed by atoms with Crippen LogP contribution in [0.1, 0.15) is 150 Å². The van der Waals surface area contributed by atoms with Crippen LogP contribution in [0.4, 0.5) is 35.1 Å². The van der Waals surface area contributed by atoms with Gasteiger partial charge in [-0.1, -0.05) is 66.2 Å². The van der Waals surface area contributed by atoms with Gasteiger partial charge in [-0.3, -0.25) is 62.3 Å². The molecule has 26 nitrogen and oxygen atoms in total. The van der Waals surface area contributed by atoms with Crippen molar-refractivity contribution in [2.45, 2.75) is 222 Å². The molecule has 0 aromatic rings. The molecule has 35 heteroatoms. The van der Waals surface area contributed by atoms with Gasteiger partial charge in [-0.15, -0.1) is 11.6 Å². The van der Waals surface area contributed by atoms with Crippen LogP contribution in [0.15, 0.2) is 0 Å². The first kappa shape index (κ1) is 86.5. The zero-order valence-electron chi connectivity index (χ0n) is 61.4. The van der Waals surface area contributed by atoms with Gasteiger partial charge < -0.3 is 64.9 Å². The number of carbonyl (C=O) groups is 13. The standard InChI is InChI=1S/C68H106ClF8N13O13/c1-14-40(4)56-64(102)83(8)35-54(94)81(6)36-55(95)85(10)49(30-42-21-17-15-18-22-42)62(100)82(7)34-51(91)78-46(26-24-43-23-25-44(45(69)29-43)68(75,76)77)60(98)86(11)48(31-53(93)90-37-66(70,71)38-90)59(97)79-47(33-67(72,73)74)61(99)88(13)57(39(2)3)65(103)87(12)50(63(101)89-27-19-16-20-28-89)32-52(92)84(9)41(5)58(96)80-56/h39-50,56-57H,14-38H2,1-13H3,(H,78,91)(H,79,97)(H,80,96)/t40-,41-,43?,44?,45?,46-,47-,48-,49-,50-,56-,57-/m0/s1. The fourth-order valence-electron chi connectivity index (χ4n) is 14.2. The van der Waals surface area contributed by atoms with E-state index in [1.165, 1.54) is 60.9 Å². The van der Waals surface area contributed by atoms with Crippen LogP contribution in [-0.4, -0.2) is 300 Å². The average Bonchev–Trinajstić information content (AvgIpc) is 0.786. The smallest absolute Gasteiger partial charge is 0.343 e. The van der Waals surface area contributed by atoms with E-state index >= 15 is 9.59 Å². The van der Waals surface area contributed by atoms with Crippen molar-refractivity contribution in [3.05, 3.63) is 0 Å². The summed E-state index contributed by atoms with van der Waals surface area (Å²) in [5, 5.41) is 5.76. The molecule has 3 unspecified atom stereocenters. The van der Waals surface area contributed by atoms with Crippen molar-refractivity contribution in [3.8, 4) is 0 Å². The summed E-state index contributed by atoms with van der Waals surface area (Å²) in [5.74, 6) is -21.0. The molecule has 584 valence electrons. The van der Waals surface area contributed by atoms with Crippen LogP contribution in [-0.2, 0) is 62.3 Å². The van der Waals surface area contributed by atoms with E-state index in [0.29, 0.717) is 46.8 Å². The topological polar surface area (TPSA) is 290 Å². The number of likely N-dealkylation sites (tertiary alicyclic amines) is 2. The van der Waals surface area contributed by atoms with E-state index in [2.05, 4.69) is 10.6 Å². The highest BCUT2D eigenvalue weighted by molar-refractivity contribution is 6.21. The molecule has 5 aliphatic rings. The molecule has 103 heavy (non-hydrogen) atoms. The third-order valence-corrected chi connectivity index (χ3v) is 21.7. The molecule has 3 saturated heterocycles. The maximum Gasteiger partial charge on any atom is 0.393 e. The lowest BCUT2D eigenvalue weighted by Gasteiger charge is -2.40. The van der Waals surface area contributed by atoms with Crippen molar-refractivity contribution in [3.63, 3.8) is 0 Å². The largest absolute Gasteiger partial charge is 0.393 e. The lowest BCUT2D eigenvalue weighted by atomic mass is 9.78. The second-order valence-electron chi connectivity index (χ2n) is 29.3. The summed E-state index contributed by atoms with van der Waals surface area (Å²) in [6.45, 7) is 3.50. The molecule has 0 radical (unpaired) electrons. The van der Waals surface area contributed by atoms with Gasteiger partial charge in [0.2, 0.25) is 76.8 Å². The second-order valence-corrected chi connectivity index (χ2v) is 29.9. The van der Waals surface area contributed by atoms with Crippen molar-refractivity contribution in [1.29, 1.82) is 0 Å². The summed E-state index contributed by atoms with van der Waals surface area (Å²) < 4.78 is 115. The molecule has 2 saturated carbocycles. The van der Waals surface area contributed by atoms with E-state index in [4.69, 9.17) is 11.6 Å². The predicted molar refractivity (Wildman–Crippen MR) is 360 cm³/mol. The Labute approximate surface area is 602 Å². The van der Waals surface area contributed by atoms with Gasteiger partial charge in [0.1, 0.15) is 48.3 Å². The van der Waals surface area contributed by atoms with Gasteiger partial charge in [0.25, 0.3) is 5.92 Å². The van der Waals surface area contributed by atoms with Crippen LogP contribution in [0.2, 0.25) is 0 Å². The molecule has 0 aromatic carbocycles. The molecule has 0 bridgehead atoms. The number of amides is 13. The Bertz CT molecular complexity index is 3040. The van der Waals surface area contributed by atoms with E-state index in [1.54, 1.807) is 13.8 Å². The van der Waals surface area contributed by atoms with Gasteiger partial charge in [0, 0.05) is 74.8 Å². The van der Waals surface area contributed by atoms with Crippen molar-refractivity contribution in [2.75, 3.05) is 102 Å². The third kappa shape index (κ3) is 23.7. The Morgan fingerprint density at radius 1 is 0.573 bits per heavy atom. The molecule has 12 atom stereocenters. The highest BCUT2D eigenvalue weighted by atomic mass is 35.5. The molecule has 13 amide bonds. The summed E-state index contributed by atoms with van der Waals surface area (Å²) in [6.07, 6.45) is -9.39. The van der Waals surface area contributed by atoms with E-state index < -0.39 is 237 Å². The molecule has 5 rings (SSSR count). The molecular weight excluding hydrogens is 1390 g/mol. The van der Waals surface area contributed by atoms with E-state index in [0.717, 1.165) is 76.2 Å². The lowest BCUT2D eigenvalue weighted by Crippen LogP contribution is -2.63. The summed E-state index contributed by atoms with van der Waals surface area (Å²) in [4.78, 5) is 198. The zero-order chi connectivity index (χ0) is 77.7. The molecule has 3 aliphatic heterocycles. The van der Waals surface area contributed by atoms with Crippen LogP contribution in [0, 0.1) is 29.6 Å². The van der Waals surface area contributed by atoms with Crippen LogP contribution >= 0.6 is 11.6 Å². The number of rotatable bonds is 12. The first-order chi connectivity index (χ1) is 47.8. The van der Waals surface area contributed by atoms with Gasteiger partial charge in [-0.25, -0.2) is 8.78 Å². The number of likely N-dealkylation sites (N-methyl/N-ethyl adjacent to an activating group) is 8. The van der Waals surface area contributed by atoms with Gasteiger partial charge in [0.15, 0.2) is 0 Å². The van der Waals surface area contributed by atoms with Gasteiger partial charge in [0.05, 0.1) is 57.9 Å². The summed E-state index contributed by atoms with van der Waals surface area (Å²) >= 11 is 6.30. The van der Waals surface area contributed by atoms with Crippen LogP contribution in [0.5, 0.6) is 0 Å². The third-order valence-electron chi connectivity index (χ3n) is 21.2. The second kappa shape index (κ2) is 37.2. The first-order valence-corrected chi connectivity index (χ1v) is 35.9. The Morgan fingerprint density at radius 3 is 1.70 bits per heavy atom. The highest BCUT2D eigenvalue weighted by Crippen LogP contribution is 2.44. The van der Waals surface area contributed by atoms with E-state index in [-0.39, 0.29) is 44.7 Å². The summed E-state index contributed by atoms with van der Waals surface area (Å²) in [6, 6.07) is -14.3. The first-order valence-electron chi connectivity index (χ1n) is 35.5. The normalized spacial score (nSPS) is 28.9. The van der Waals surface area contributed by atoms with Crippen LogP contribution in [0.3, 0.4) is 0 Å². The molecule has 3 N–H and O–H groups in total. The maximum absolute atomic E-state index is 15.2. The van der Waals surface area contributed by atoms with Gasteiger partial charge >= 0.3 is 12.4 Å². The van der Waals surface area contributed by atoms with Gasteiger partial charge in [-0.05, 0) is 88.4 Å². The van der Waals surface area contributed by atoms with Crippen molar-refractivity contribution >= 4 is 88.4 Å². The molecule has 3 heterocycles. The molecule has 2 aliphatic carbocycles. The lowest BCUT2D eigenvalue weighted by molar-refractivity contribution is -0.182. The molecule has 5 fully saturated rings. The minimum atomic E-state index is -5.32. The van der Waals surface area contributed by atoms with E-state index in [9.17, 15) is 87.9 Å². The SMILES string of the molecule is CC[C@H](C)[C@@H]1NC(=O)[C@H](C)N(C)C(=O)C[C@@H](C(=O)N2CCCCC2)N(C)C(=O)[C@H](C(C)C)N(C)C(=O)[C@H](CC(F)(F)F)NC(=O)[C@H](CC(=O)N2CC(F)(F)C2)N(C)C(=O)[C@H](CCC2CCC(C(F)(F)F)C(Cl)C2)NC(=O)CN(C)C(=O)[C@H](CC2CCCCC2)N(C)C(=O)CN(C)C(=O)CN(C)C1=O. The quantitative estimate of drug-likeness (QED) is 0.182. The number of hydrogen-bond donors (Lipinski definition) is 3. The minimum Gasteiger partial charge on any atom is -0.343 e. The number of nitrogens with one attached hydrogen (secondary N) is 3. The predicted octanol–water partition coefficient (Wildman–Crippen LogP) is 4.25. The van der Waals surface area contributed by atoms with Crippen molar-refractivity contribution < 1.29 is 97.5 Å². The number of hydrogen-bond acceptors (Lipinski definition) is 13. The summed E-state index contributed by atoms with van der Waals surface area (Å²) in [5.41, 5.74) is 0. The van der Waals surface area contributed by atoms with Gasteiger partial charge in [-0.2, -0.15) is 26.3 Å². The number of alkyl halides is 9. The summed E-state index contributed by atoms with van der Waals surface area (Å²) in [7, 11) is 9.33. The monoisotopic (exact) mass is 1500 g/mol. The Balaban J connectivity index is 1.65. The van der Waals surface area contributed by atoms with E-state index in [1.807, 2.05) is 5.32 Å². The van der Waals surface area contributed by atoms with Crippen LogP contribution in [0.25, 0.3) is 0 Å². The average molecular weight is 1500 g/mol. The molecule has 0 spiro atoms. The Morgan fingerprint density at radius 2 is 1.15 bits per heavy atom. The molecular formula is C68H106ClF8N13O13. The number of carbonyl (C=O) groups excluding carboxylic acids is 13. The number of nitrogens with zero attached hydrogens (tertiary/aromatic N) is 10. The van der Waals surface area contributed by atoms with Crippen molar-refractivity contribution in [2.24, 2.45) is 29.6 Å². The maximum atomic E-state index is 15.2. The van der Waals surface area contributed by atoms with Crippen molar-refractivity contribution in [1.82, 2.24) is 64.9 Å². The fourth-order valence-corrected chi connectivity index (χ4v) is 14.7. The number of piperidine rings is 1. The molecule has 0 aromatic heterocycles. The fraction of sp³-hybridized carbons (Fsp3) is 0.809. The zero-order valence-corrected chi connectivity index (χ0v) is 62.2. The highest BCUT2D eigenvalue weighted by Gasteiger charge is 2.51. The Hall–Kier alpha value is -7.16. The minimum absolute atomic E-state index is 0.0686.